The molecule has 354 valence electrons. The van der Waals surface area contributed by atoms with Crippen LogP contribution >= 0.6 is 0 Å². The lowest BCUT2D eigenvalue weighted by Crippen LogP contribution is -2.64. The predicted molar refractivity (Wildman–Crippen MR) is 238 cm³/mol. The first-order valence-electron chi connectivity index (χ1n) is 22.0. The Hall–Kier alpha value is -5.38. The zero-order valence-electron chi connectivity index (χ0n) is 36.4. The van der Waals surface area contributed by atoms with Gasteiger partial charge in [-0.15, -0.1) is 0 Å². The molecule has 19 heteroatoms. The Bertz CT molecular complexity index is 2390. The van der Waals surface area contributed by atoms with E-state index in [1.165, 1.54) is 40.7 Å². The van der Waals surface area contributed by atoms with E-state index in [9.17, 15) is 30.0 Å². The monoisotopic (exact) mass is 932 g/mol. The molecule has 9 aliphatic rings. The molecule has 11 atom stereocenters. The molecule has 2 spiro atoms. The summed E-state index contributed by atoms with van der Waals surface area (Å²) < 4.78 is 43.8. The van der Waals surface area contributed by atoms with Gasteiger partial charge in [-0.25, -0.2) is 9.59 Å². The summed E-state index contributed by atoms with van der Waals surface area (Å²) in [6, 6.07) is 13.1. The Morgan fingerprint density at radius 1 is 0.773 bits per heavy atom. The smallest absolute Gasteiger partial charge is 0.394 e. The lowest BCUT2D eigenvalue weighted by molar-refractivity contribution is -0.134. The van der Waals surface area contributed by atoms with Crippen molar-refractivity contribution in [3.8, 4) is 23.0 Å². The Kier molecular flexibility index (Phi) is 13.1. The van der Waals surface area contributed by atoms with Crippen molar-refractivity contribution in [2.75, 3.05) is 33.7 Å². The molecule has 3 saturated heterocycles. The lowest BCUT2D eigenvalue weighted by atomic mass is 9.53. The number of aromatic hydroxyl groups is 2. The third-order valence-electron chi connectivity index (χ3n) is 14.8. The number of hydrogen-bond acceptors (Lipinski definition) is 14. The number of carboxylic acid groups (broad SMARTS) is 2. The zero-order chi connectivity index (χ0) is 47.3. The molecule has 5 aliphatic heterocycles. The van der Waals surface area contributed by atoms with Crippen molar-refractivity contribution in [3.05, 3.63) is 113 Å². The lowest BCUT2D eigenvalue weighted by Gasteiger charge is -2.56. The van der Waals surface area contributed by atoms with Gasteiger partial charge in [0.2, 0.25) is 0 Å². The fourth-order valence-corrected chi connectivity index (χ4v) is 12.2. The maximum Gasteiger partial charge on any atom is 0.394 e. The number of aliphatic hydroxyl groups is 2. The molecule has 18 nitrogen and oxygen atoms in total. The molecule has 3 fully saturated rings. The third kappa shape index (κ3) is 8.58. The van der Waals surface area contributed by atoms with Crippen LogP contribution in [-0.4, -0.2) is 145 Å². The fraction of sp³-hybridized carbons (Fsp3) is 0.468. The summed E-state index contributed by atoms with van der Waals surface area (Å²) in [5.74, 6) is -0.136. The second-order valence-electron chi connectivity index (χ2n) is 18.3. The van der Waals surface area contributed by atoms with E-state index in [1.54, 1.807) is 12.1 Å². The number of aliphatic carboxylic acids is 2. The van der Waals surface area contributed by atoms with E-state index in [2.05, 4.69) is 52.4 Å². The summed E-state index contributed by atoms with van der Waals surface area (Å²) in [5, 5.41) is 60.4. The highest BCUT2D eigenvalue weighted by Gasteiger charge is 2.65. The van der Waals surface area contributed by atoms with Gasteiger partial charge >= 0.3 is 22.3 Å². The number of rotatable bonds is 3. The molecule has 2 aromatic carbocycles. The number of likely N-dealkylation sites (N-methyl/N-ethyl adjacent to an activating group) is 2. The van der Waals surface area contributed by atoms with Crippen LogP contribution in [0.5, 0.6) is 23.0 Å². The van der Waals surface area contributed by atoms with Gasteiger partial charge in [-0.05, 0) is 107 Å². The number of phenolic OH excluding ortho intramolecular Hbond substituents is 2. The first kappa shape index (κ1) is 47.1. The normalized spacial score (nSPS) is 33.1. The number of likely N-dealkylation sites (tertiary alicyclic amines) is 2. The first-order chi connectivity index (χ1) is 31.3. The summed E-state index contributed by atoms with van der Waals surface area (Å²) in [4.78, 5) is 28.1. The topological polar surface area (TPSA) is 280 Å². The van der Waals surface area contributed by atoms with Gasteiger partial charge in [0.1, 0.15) is 24.4 Å². The average molecular weight is 933 g/mol. The highest BCUT2D eigenvalue weighted by molar-refractivity contribution is 7.79. The molecule has 3 aromatic rings. The van der Waals surface area contributed by atoms with E-state index < -0.39 is 34.5 Å². The average Bonchev–Trinajstić information content (AvgIpc) is 4.03. The van der Waals surface area contributed by atoms with E-state index in [0.29, 0.717) is 53.6 Å². The number of nitrogens with one attached hydrogen (secondary N) is 1. The first-order valence-corrected chi connectivity index (χ1v) is 23.4. The molecule has 4 bridgehead atoms. The molecule has 4 aliphatic carbocycles. The quantitative estimate of drug-likeness (QED) is 0.104. The number of hydrogen-bond donors (Lipinski definition) is 9. The van der Waals surface area contributed by atoms with Crippen molar-refractivity contribution < 1.29 is 67.2 Å². The Labute approximate surface area is 382 Å². The second-order valence-corrected chi connectivity index (χ2v) is 19.1. The minimum atomic E-state index is -4.67. The maximum absolute atomic E-state index is 10.4. The third-order valence-corrected chi connectivity index (χ3v) is 14.8. The molecule has 0 saturated carbocycles. The minimum Gasteiger partial charge on any atom is -0.504 e. The Balaban J connectivity index is 0.000000123. The number of aromatic nitrogens is 1. The Morgan fingerprint density at radius 3 is 1.64 bits per heavy atom. The number of carboxylic acids is 2. The fourth-order valence-electron chi connectivity index (χ4n) is 12.2. The molecule has 1 aromatic heterocycles. The van der Waals surface area contributed by atoms with Crippen molar-refractivity contribution in [1.29, 1.82) is 0 Å². The molecule has 0 unspecified atom stereocenters. The molecular weight excluding hydrogens is 877 g/mol. The number of nitrogens with zero attached hydrogens (tertiary/aromatic N) is 3. The van der Waals surface area contributed by atoms with E-state index >= 15 is 0 Å². The van der Waals surface area contributed by atoms with E-state index in [-0.39, 0.29) is 34.5 Å². The molecular formula is C47H56N4O14S. The number of ether oxygens (including phenoxy) is 2. The summed E-state index contributed by atoms with van der Waals surface area (Å²) in [6.45, 7) is 3.17. The second kappa shape index (κ2) is 18.4. The van der Waals surface area contributed by atoms with Crippen LogP contribution in [0.2, 0.25) is 0 Å². The van der Waals surface area contributed by atoms with Gasteiger partial charge < -0.3 is 55.2 Å². The van der Waals surface area contributed by atoms with Crippen LogP contribution in [0.25, 0.3) is 0 Å². The number of aliphatic hydroxyl groups excluding tert-OH is 2. The molecule has 66 heavy (non-hydrogen) atoms. The highest BCUT2D eigenvalue weighted by atomic mass is 32.3. The summed E-state index contributed by atoms with van der Waals surface area (Å²) in [6.07, 6.45) is 17.8. The van der Waals surface area contributed by atoms with E-state index in [1.807, 2.05) is 42.7 Å². The number of phenols is 2. The highest BCUT2D eigenvalue weighted by Crippen LogP contribution is 2.63. The number of piperidine rings is 2. The summed E-state index contributed by atoms with van der Waals surface area (Å²) in [5.41, 5.74) is 5.90. The van der Waals surface area contributed by atoms with Crippen LogP contribution in [0.4, 0.5) is 0 Å². The van der Waals surface area contributed by atoms with Gasteiger partial charge in [-0.1, -0.05) is 42.5 Å². The molecule has 0 radical (unpaired) electrons. The number of pyridine rings is 1. The molecule has 9 N–H and O–H groups in total. The number of benzene rings is 2. The van der Waals surface area contributed by atoms with Crippen LogP contribution in [-0.2, 0) is 43.7 Å². The van der Waals surface area contributed by atoms with Gasteiger partial charge in [0.15, 0.2) is 23.0 Å². The van der Waals surface area contributed by atoms with Gasteiger partial charge in [0, 0.05) is 76.5 Å². The van der Waals surface area contributed by atoms with Crippen molar-refractivity contribution in [3.63, 3.8) is 0 Å². The molecule has 12 rings (SSSR count). The predicted octanol–water partition coefficient (Wildman–Crippen LogP) is 2.96. The Morgan fingerprint density at radius 2 is 1.24 bits per heavy atom. The van der Waals surface area contributed by atoms with Gasteiger partial charge in [-0.2, -0.15) is 8.42 Å². The van der Waals surface area contributed by atoms with Crippen LogP contribution in [0.15, 0.2) is 85.2 Å². The van der Waals surface area contributed by atoms with Crippen LogP contribution in [0.3, 0.4) is 0 Å². The minimum absolute atomic E-state index is 0.160. The van der Waals surface area contributed by atoms with Crippen LogP contribution in [0, 0.1) is 11.8 Å². The SMILES string of the molecule is CN1CC[C@]23c4c5ccc(O)c4O[C@H]2[C@@H](O)C=C[C@H]3[C@H]1C5.CN1CC[C@]23c4c5ccc(O)c4O[C@H]2[C@@H](O)C=C[C@H]3[C@H]1C5.O=C(O)/C=C/C(=O)O.O=S(=O)(O)O.c1cncc([C@@H]2CCCN2)c1. The van der Waals surface area contributed by atoms with E-state index in [4.69, 9.17) is 37.2 Å². The number of carbonyl (C=O) groups is 2. The van der Waals surface area contributed by atoms with Crippen molar-refractivity contribution in [2.45, 2.75) is 91.9 Å². The van der Waals surface area contributed by atoms with Crippen LogP contribution in [0.1, 0.15) is 59.5 Å². The molecule has 6 heterocycles. The van der Waals surface area contributed by atoms with Crippen LogP contribution < -0.4 is 14.8 Å². The standard InChI is InChI=1S/2C17H19NO3.C9H12N2.C4H4O4.H2O4S/c2*1-18-7-6-17-10-3-5-13(20)16(17)21-15-12(19)4-2-9(14(15)17)8-11(10)18;1-3-8(7-10-5-1)9-4-2-6-11-9;5-3(6)1-2-4(7)8;1-5(2,3)4/h2*2-5,10-11,13,16,19-20H,6-8H2,1H3;1,3,5,7,9,11H,2,4,6H2;1-2H,(H,5,6)(H,7,8);(H2,1,2,3,4)/b;;;2-1+;/t2*10-,11+,13-,16-,17-;9-;;/m000../s1. The van der Waals surface area contributed by atoms with Crippen molar-refractivity contribution in [1.82, 2.24) is 20.1 Å². The summed E-state index contributed by atoms with van der Waals surface area (Å²) in [7, 11) is -0.291. The van der Waals surface area contributed by atoms with Gasteiger partial charge in [0.25, 0.3) is 0 Å². The van der Waals surface area contributed by atoms with Gasteiger partial charge in [-0.3, -0.25) is 14.1 Å². The van der Waals surface area contributed by atoms with E-state index in [0.717, 1.165) is 45.3 Å². The zero-order valence-corrected chi connectivity index (χ0v) is 37.2. The molecule has 0 amide bonds. The van der Waals surface area contributed by atoms with Crippen molar-refractivity contribution in [2.24, 2.45) is 11.8 Å². The van der Waals surface area contributed by atoms with Crippen molar-refractivity contribution >= 4 is 22.3 Å². The van der Waals surface area contributed by atoms with Gasteiger partial charge in [0.05, 0.1) is 0 Å². The largest absolute Gasteiger partial charge is 0.504 e. The summed E-state index contributed by atoms with van der Waals surface area (Å²) >= 11 is 0. The maximum atomic E-state index is 10.4.